The minimum Gasteiger partial charge on any atom is -0.310 e. The third kappa shape index (κ3) is 3.18. The van der Waals surface area contributed by atoms with Crippen molar-refractivity contribution in [3.05, 3.63) is 181 Å². The predicted molar refractivity (Wildman–Crippen MR) is 188 cm³/mol. The summed E-state index contributed by atoms with van der Waals surface area (Å²) in [5.74, 6) is 0.277. The van der Waals surface area contributed by atoms with Gasteiger partial charge in [0.2, 0.25) is 0 Å². The Hall–Kier alpha value is -5.60. The van der Waals surface area contributed by atoms with Gasteiger partial charge in [-0.15, -0.1) is 0 Å². The highest BCUT2D eigenvalue weighted by molar-refractivity contribution is 6.24. The first-order chi connectivity index (χ1) is 22.4. The number of benzene rings is 6. The Kier molecular flexibility index (Phi) is 5.07. The average molecular weight is 575 g/mol. The van der Waals surface area contributed by atoms with Crippen LogP contribution in [0.2, 0.25) is 0 Å². The molecular formula is C43H30N2. The molecule has 8 aromatic rings. The van der Waals surface area contributed by atoms with Crippen molar-refractivity contribution < 1.29 is 0 Å². The second kappa shape index (κ2) is 9.20. The van der Waals surface area contributed by atoms with Crippen LogP contribution in [0.5, 0.6) is 0 Å². The topological polar surface area (TPSA) is 7.65 Å². The molecule has 10 rings (SSSR count). The molecule has 0 radical (unpaired) electrons. The minimum atomic E-state index is -0.338. The van der Waals surface area contributed by atoms with Gasteiger partial charge in [-0.3, -0.25) is 0 Å². The number of rotatable bonds is 3. The molecule has 0 spiro atoms. The van der Waals surface area contributed by atoms with E-state index in [0.717, 1.165) is 6.42 Å². The van der Waals surface area contributed by atoms with Crippen molar-refractivity contribution in [2.75, 3.05) is 4.90 Å². The molecule has 45 heavy (non-hydrogen) atoms. The number of para-hydroxylation sites is 4. The largest absolute Gasteiger partial charge is 0.310 e. The fourth-order valence-electron chi connectivity index (χ4n) is 8.65. The highest BCUT2D eigenvalue weighted by Crippen LogP contribution is 2.59. The first kappa shape index (κ1) is 24.8. The summed E-state index contributed by atoms with van der Waals surface area (Å²) in [5, 5.41) is 5.18. The maximum Gasteiger partial charge on any atom is 0.0622 e. The van der Waals surface area contributed by atoms with Crippen molar-refractivity contribution in [2.24, 2.45) is 5.92 Å². The lowest BCUT2D eigenvalue weighted by atomic mass is 9.58. The van der Waals surface area contributed by atoms with Crippen LogP contribution < -0.4 is 4.90 Å². The summed E-state index contributed by atoms with van der Waals surface area (Å²) in [4.78, 5) is 2.53. The summed E-state index contributed by atoms with van der Waals surface area (Å²) in [7, 11) is 0. The van der Waals surface area contributed by atoms with Crippen molar-refractivity contribution in [2.45, 2.75) is 11.8 Å². The number of fused-ring (bicyclic) bond motifs is 8. The lowest BCUT2D eigenvalue weighted by molar-refractivity contribution is 0.445. The quantitative estimate of drug-likeness (QED) is 0.204. The van der Waals surface area contributed by atoms with E-state index in [2.05, 4.69) is 173 Å². The molecule has 0 saturated carbocycles. The van der Waals surface area contributed by atoms with Crippen LogP contribution in [0.3, 0.4) is 0 Å². The summed E-state index contributed by atoms with van der Waals surface area (Å²) < 4.78 is 2.46. The van der Waals surface area contributed by atoms with Crippen LogP contribution in [0.1, 0.15) is 23.1 Å². The molecule has 6 aromatic carbocycles. The maximum atomic E-state index is 2.53. The molecule has 2 heteroatoms. The predicted octanol–water partition coefficient (Wildman–Crippen LogP) is 11.1. The molecule has 0 saturated heterocycles. The molecule has 0 N–H and O–H groups in total. The van der Waals surface area contributed by atoms with Crippen molar-refractivity contribution in [1.82, 2.24) is 4.40 Å². The van der Waals surface area contributed by atoms with Gasteiger partial charge in [-0.25, -0.2) is 0 Å². The van der Waals surface area contributed by atoms with Gasteiger partial charge >= 0.3 is 0 Å². The molecule has 1 atom stereocenters. The van der Waals surface area contributed by atoms with Crippen LogP contribution in [0, 0.1) is 5.92 Å². The standard InChI is InChI=1S/C43H30N2/c1-3-15-29(16-4-1)43(30-17-5-2-6-18-30)36-21-9-13-25-40(36)44(41-26-14-10-22-37(41)43)31-27-34-32-19-7-11-23-38(32)45-39-24-12-8-20-33(39)35(28-31)42(34)45/h1-17,19-28,30H,18H2. The second-order valence-electron chi connectivity index (χ2n) is 12.5. The van der Waals surface area contributed by atoms with Gasteiger partial charge in [0.15, 0.2) is 0 Å². The minimum absolute atomic E-state index is 0.277. The molecular weight excluding hydrogens is 544 g/mol. The number of anilines is 3. The number of allylic oxidation sites excluding steroid dienone is 4. The molecule has 1 aliphatic carbocycles. The Morgan fingerprint density at radius 3 is 1.69 bits per heavy atom. The molecule has 0 bridgehead atoms. The normalized spacial score (nSPS) is 17.0. The monoisotopic (exact) mass is 574 g/mol. The van der Waals surface area contributed by atoms with Gasteiger partial charge in [-0.2, -0.15) is 0 Å². The molecule has 3 heterocycles. The van der Waals surface area contributed by atoms with E-state index >= 15 is 0 Å². The fraction of sp³-hybridized carbons (Fsp3) is 0.0698. The van der Waals surface area contributed by atoms with Crippen molar-refractivity contribution in [3.8, 4) is 0 Å². The first-order valence-electron chi connectivity index (χ1n) is 15.9. The SMILES string of the molecule is C1=CCC(C2(c3ccccc3)c3ccccc3N(c3cc4c5ccccc5n5c6ccccc6c(c3)c45)c3ccccc32)C=C1. The molecule has 0 amide bonds. The van der Waals surface area contributed by atoms with E-state index in [4.69, 9.17) is 0 Å². The molecule has 0 fully saturated rings. The van der Waals surface area contributed by atoms with Crippen molar-refractivity contribution in [1.29, 1.82) is 0 Å². The van der Waals surface area contributed by atoms with E-state index in [1.165, 1.54) is 71.8 Å². The van der Waals surface area contributed by atoms with Crippen LogP contribution in [0.25, 0.3) is 38.1 Å². The maximum absolute atomic E-state index is 2.53. The molecule has 1 unspecified atom stereocenters. The Balaban J connectivity index is 1.33. The molecule has 2 nitrogen and oxygen atoms in total. The molecule has 2 aliphatic rings. The summed E-state index contributed by atoms with van der Waals surface area (Å²) in [6.07, 6.45) is 10.2. The van der Waals surface area contributed by atoms with Crippen molar-refractivity contribution >= 4 is 55.2 Å². The summed E-state index contributed by atoms with van der Waals surface area (Å²) >= 11 is 0. The van der Waals surface area contributed by atoms with Gasteiger partial charge < -0.3 is 9.30 Å². The lowest BCUT2D eigenvalue weighted by Crippen LogP contribution is -2.42. The number of nitrogens with zero attached hydrogens (tertiary/aromatic N) is 2. The third-order valence-corrected chi connectivity index (χ3v) is 10.4. The number of hydrogen-bond acceptors (Lipinski definition) is 1. The van der Waals surface area contributed by atoms with E-state index in [-0.39, 0.29) is 11.3 Å². The van der Waals surface area contributed by atoms with Gasteiger partial charge in [-0.1, -0.05) is 127 Å². The molecule has 212 valence electrons. The summed E-state index contributed by atoms with van der Waals surface area (Å²) in [6, 6.07) is 52.0. The Morgan fingerprint density at radius 1 is 0.533 bits per heavy atom. The van der Waals surface area contributed by atoms with Crippen LogP contribution in [0.15, 0.2) is 164 Å². The molecule has 1 aliphatic heterocycles. The zero-order valence-corrected chi connectivity index (χ0v) is 24.8. The number of hydrogen-bond donors (Lipinski definition) is 0. The van der Waals surface area contributed by atoms with Gasteiger partial charge in [0.05, 0.1) is 33.3 Å². The smallest absolute Gasteiger partial charge is 0.0622 e. The lowest BCUT2D eigenvalue weighted by Gasteiger charge is -2.49. The average Bonchev–Trinajstić information content (AvgIpc) is 3.63. The Morgan fingerprint density at radius 2 is 1.09 bits per heavy atom. The highest BCUT2D eigenvalue weighted by atomic mass is 15.2. The van der Waals surface area contributed by atoms with E-state index in [1.807, 2.05) is 0 Å². The fourth-order valence-corrected chi connectivity index (χ4v) is 8.65. The first-order valence-corrected chi connectivity index (χ1v) is 15.9. The molecule has 2 aromatic heterocycles. The zero-order valence-electron chi connectivity index (χ0n) is 24.8. The highest BCUT2D eigenvalue weighted by Gasteiger charge is 2.49. The van der Waals surface area contributed by atoms with Gasteiger partial charge in [0.1, 0.15) is 0 Å². The Bertz CT molecular complexity index is 2350. The third-order valence-electron chi connectivity index (χ3n) is 10.4. The van der Waals surface area contributed by atoms with E-state index in [1.54, 1.807) is 0 Å². The van der Waals surface area contributed by atoms with E-state index < -0.39 is 0 Å². The Labute approximate surface area is 262 Å². The van der Waals surface area contributed by atoms with Crippen molar-refractivity contribution in [3.63, 3.8) is 0 Å². The van der Waals surface area contributed by atoms with Crippen LogP contribution in [-0.4, -0.2) is 4.40 Å². The van der Waals surface area contributed by atoms with Gasteiger partial charge in [-0.05, 0) is 65.4 Å². The summed E-state index contributed by atoms with van der Waals surface area (Å²) in [5.41, 5.74) is 11.2. The second-order valence-corrected chi connectivity index (χ2v) is 12.5. The van der Waals surface area contributed by atoms with Crippen LogP contribution in [-0.2, 0) is 5.41 Å². The van der Waals surface area contributed by atoms with Gasteiger partial charge in [0.25, 0.3) is 0 Å². The zero-order chi connectivity index (χ0) is 29.5. The van der Waals surface area contributed by atoms with Crippen LogP contribution in [0.4, 0.5) is 17.1 Å². The van der Waals surface area contributed by atoms with E-state index in [0.29, 0.717) is 0 Å². The van der Waals surface area contributed by atoms with E-state index in [9.17, 15) is 0 Å². The number of aromatic nitrogens is 1. The van der Waals surface area contributed by atoms with Crippen LogP contribution >= 0.6 is 0 Å². The summed E-state index contributed by atoms with van der Waals surface area (Å²) in [6.45, 7) is 0. The van der Waals surface area contributed by atoms with Gasteiger partial charge in [0, 0.05) is 27.2 Å².